The first-order valence-corrected chi connectivity index (χ1v) is 5.01. The fourth-order valence-electron chi connectivity index (χ4n) is 1.35. The van der Waals surface area contributed by atoms with Gasteiger partial charge in [-0.05, 0) is 25.5 Å². The first-order chi connectivity index (χ1) is 7.56. The summed E-state index contributed by atoms with van der Waals surface area (Å²) in [6.45, 7) is 5.06. The molecular weight excluding hydrogens is 208 g/mol. The molecule has 0 spiro atoms. The Balaban J connectivity index is 3.12. The maximum atomic E-state index is 11.7. The number of aryl methyl sites for hydroxylation is 1. The average molecular weight is 222 g/mol. The zero-order valence-corrected chi connectivity index (χ0v) is 9.57. The molecule has 0 saturated heterocycles. The average Bonchev–Trinajstić information content (AvgIpc) is 2.16. The van der Waals surface area contributed by atoms with E-state index in [1.54, 1.807) is 32.0 Å². The molecule has 86 valence electrons. The van der Waals surface area contributed by atoms with Gasteiger partial charge >= 0.3 is 11.9 Å². The van der Waals surface area contributed by atoms with Crippen molar-refractivity contribution in [2.75, 3.05) is 6.61 Å². The molecule has 0 saturated carbocycles. The van der Waals surface area contributed by atoms with Crippen molar-refractivity contribution in [3.8, 4) is 5.75 Å². The first-order valence-electron chi connectivity index (χ1n) is 5.01. The van der Waals surface area contributed by atoms with E-state index in [2.05, 4.69) is 0 Å². The highest BCUT2D eigenvalue weighted by Crippen LogP contribution is 2.23. The van der Waals surface area contributed by atoms with Crippen LogP contribution in [0.15, 0.2) is 18.2 Å². The van der Waals surface area contributed by atoms with Crippen LogP contribution in [-0.4, -0.2) is 18.5 Å². The monoisotopic (exact) mass is 222 g/mol. The number of hydrogen-bond donors (Lipinski definition) is 0. The SMILES string of the molecule is CCOC(=O)c1c(C)cccc1OC(C)=O. The van der Waals surface area contributed by atoms with E-state index in [1.165, 1.54) is 6.92 Å². The van der Waals surface area contributed by atoms with Crippen LogP contribution in [0.25, 0.3) is 0 Å². The van der Waals surface area contributed by atoms with Crippen LogP contribution in [0.1, 0.15) is 29.8 Å². The Morgan fingerprint density at radius 2 is 2.00 bits per heavy atom. The summed E-state index contributed by atoms with van der Waals surface area (Å²) in [5, 5.41) is 0. The molecule has 16 heavy (non-hydrogen) atoms. The van der Waals surface area contributed by atoms with Crippen molar-refractivity contribution in [1.82, 2.24) is 0 Å². The molecule has 0 aromatic heterocycles. The molecule has 0 atom stereocenters. The molecule has 0 bridgehead atoms. The number of hydrogen-bond acceptors (Lipinski definition) is 4. The minimum absolute atomic E-state index is 0.242. The molecule has 0 aliphatic heterocycles. The number of ether oxygens (including phenoxy) is 2. The van der Waals surface area contributed by atoms with Gasteiger partial charge < -0.3 is 9.47 Å². The normalized spacial score (nSPS) is 9.69. The van der Waals surface area contributed by atoms with Crippen LogP contribution in [0.5, 0.6) is 5.75 Å². The van der Waals surface area contributed by atoms with Crippen LogP contribution < -0.4 is 4.74 Å². The minimum Gasteiger partial charge on any atom is -0.462 e. The van der Waals surface area contributed by atoms with Crippen molar-refractivity contribution in [2.45, 2.75) is 20.8 Å². The topological polar surface area (TPSA) is 52.6 Å². The van der Waals surface area contributed by atoms with Gasteiger partial charge in [0.2, 0.25) is 0 Å². The van der Waals surface area contributed by atoms with Crippen molar-refractivity contribution in [3.05, 3.63) is 29.3 Å². The second-order valence-corrected chi connectivity index (χ2v) is 3.26. The van der Waals surface area contributed by atoms with Gasteiger partial charge in [0.05, 0.1) is 6.61 Å². The molecule has 1 aromatic rings. The predicted molar refractivity (Wildman–Crippen MR) is 58.4 cm³/mol. The third kappa shape index (κ3) is 2.82. The third-order valence-corrected chi connectivity index (χ3v) is 1.97. The van der Waals surface area contributed by atoms with E-state index in [0.717, 1.165) is 5.56 Å². The summed E-state index contributed by atoms with van der Waals surface area (Å²) in [5.74, 6) is -0.695. The Kier molecular flexibility index (Phi) is 4.05. The second-order valence-electron chi connectivity index (χ2n) is 3.26. The van der Waals surface area contributed by atoms with E-state index in [0.29, 0.717) is 5.56 Å². The third-order valence-electron chi connectivity index (χ3n) is 1.97. The van der Waals surface area contributed by atoms with Gasteiger partial charge in [-0.25, -0.2) is 4.79 Å². The maximum absolute atomic E-state index is 11.7. The number of carbonyl (C=O) groups excluding carboxylic acids is 2. The van der Waals surface area contributed by atoms with Gasteiger partial charge in [-0.1, -0.05) is 12.1 Å². The van der Waals surface area contributed by atoms with Gasteiger partial charge in [-0.15, -0.1) is 0 Å². The van der Waals surface area contributed by atoms with E-state index >= 15 is 0 Å². The molecule has 1 aromatic carbocycles. The van der Waals surface area contributed by atoms with E-state index in [1.807, 2.05) is 0 Å². The molecule has 1 rings (SSSR count). The number of carbonyl (C=O) groups is 2. The van der Waals surface area contributed by atoms with Gasteiger partial charge in [-0.3, -0.25) is 4.79 Å². The molecule has 0 aliphatic rings. The summed E-state index contributed by atoms with van der Waals surface area (Å²) in [4.78, 5) is 22.5. The fraction of sp³-hybridized carbons (Fsp3) is 0.333. The van der Waals surface area contributed by atoms with Crippen LogP contribution in [0.2, 0.25) is 0 Å². The van der Waals surface area contributed by atoms with Crippen LogP contribution in [0.3, 0.4) is 0 Å². The van der Waals surface area contributed by atoms with E-state index in [9.17, 15) is 9.59 Å². The van der Waals surface area contributed by atoms with Gasteiger partial charge in [0.15, 0.2) is 0 Å². The predicted octanol–water partition coefficient (Wildman–Crippen LogP) is 2.10. The smallest absolute Gasteiger partial charge is 0.342 e. The molecule has 0 heterocycles. The summed E-state index contributed by atoms with van der Waals surface area (Å²) in [6.07, 6.45) is 0. The summed E-state index contributed by atoms with van der Waals surface area (Å²) in [6, 6.07) is 5.05. The molecule has 0 aliphatic carbocycles. The molecule has 0 amide bonds. The summed E-state index contributed by atoms with van der Waals surface area (Å²) in [7, 11) is 0. The summed E-state index contributed by atoms with van der Waals surface area (Å²) < 4.78 is 9.85. The first kappa shape index (κ1) is 12.2. The van der Waals surface area contributed by atoms with Crippen LogP contribution >= 0.6 is 0 Å². The van der Waals surface area contributed by atoms with Crippen LogP contribution in [-0.2, 0) is 9.53 Å². The molecule has 0 fully saturated rings. The Labute approximate surface area is 94.2 Å². The Morgan fingerprint density at radius 1 is 1.31 bits per heavy atom. The molecule has 0 N–H and O–H groups in total. The minimum atomic E-state index is -0.475. The van der Waals surface area contributed by atoms with Gasteiger partial charge in [0.1, 0.15) is 11.3 Å². The lowest BCUT2D eigenvalue weighted by molar-refractivity contribution is -0.131. The van der Waals surface area contributed by atoms with Crippen LogP contribution in [0.4, 0.5) is 0 Å². The lowest BCUT2D eigenvalue weighted by atomic mass is 10.1. The lowest BCUT2D eigenvalue weighted by Crippen LogP contribution is -2.11. The number of benzene rings is 1. The Hall–Kier alpha value is -1.84. The maximum Gasteiger partial charge on any atom is 0.342 e. The van der Waals surface area contributed by atoms with Crippen molar-refractivity contribution in [3.63, 3.8) is 0 Å². The van der Waals surface area contributed by atoms with Gasteiger partial charge in [0, 0.05) is 6.92 Å². The zero-order valence-electron chi connectivity index (χ0n) is 9.57. The highest BCUT2D eigenvalue weighted by atomic mass is 16.5. The number of esters is 2. The molecule has 0 radical (unpaired) electrons. The highest BCUT2D eigenvalue weighted by Gasteiger charge is 2.17. The van der Waals surface area contributed by atoms with Crippen molar-refractivity contribution in [2.24, 2.45) is 0 Å². The van der Waals surface area contributed by atoms with Crippen LogP contribution in [0, 0.1) is 6.92 Å². The standard InChI is InChI=1S/C12H14O4/c1-4-15-12(14)11-8(2)6-5-7-10(11)16-9(3)13/h5-7H,4H2,1-3H3. The van der Waals surface area contributed by atoms with E-state index in [-0.39, 0.29) is 12.4 Å². The molecular formula is C12H14O4. The number of rotatable bonds is 3. The van der Waals surface area contributed by atoms with Gasteiger partial charge in [0.25, 0.3) is 0 Å². The molecule has 0 unspecified atom stereocenters. The van der Waals surface area contributed by atoms with E-state index < -0.39 is 11.9 Å². The lowest BCUT2D eigenvalue weighted by Gasteiger charge is -2.10. The van der Waals surface area contributed by atoms with Gasteiger partial charge in [-0.2, -0.15) is 0 Å². The highest BCUT2D eigenvalue weighted by molar-refractivity contribution is 5.95. The zero-order chi connectivity index (χ0) is 12.1. The fourth-order valence-corrected chi connectivity index (χ4v) is 1.35. The van der Waals surface area contributed by atoms with Crippen molar-refractivity contribution < 1.29 is 19.1 Å². The molecule has 4 heteroatoms. The molecule has 4 nitrogen and oxygen atoms in total. The Morgan fingerprint density at radius 3 is 2.56 bits per heavy atom. The second kappa shape index (κ2) is 5.30. The Bertz CT molecular complexity index is 409. The van der Waals surface area contributed by atoms with Crippen molar-refractivity contribution in [1.29, 1.82) is 0 Å². The van der Waals surface area contributed by atoms with Crippen molar-refractivity contribution >= 4 is 11.9 Å². The quantitative estimate of drug-likeness (QED) is 0.580. The van der Waals surface area contributed by atoms with E-state index in [4.69, 9.17) is 9.47 Å². The summed E-state index contributed by atoms with van der Waals surface area (Å²) >= 11 is 0. The summed E-state index contributed by atoms with van der Waals surface area (Å²) in [5.41, 5.74) is 1.02. The largest absolute Gasteiger partial charge is 0.462 e.